The summed E-state index contributed by atoms with van der Waals surface area (Å²) in [5.41, 5.74) is 2.19. The van der Waals surface area contributed by atoms with Gasteiger partial charge in [0.15, 0.2) is 0 Å². The number of amides is 2. The summed E-state index contributed by atoms with van der Waals surface area (Å²) in [4.78, 5) is 22.9. The molecule has 1 aromatic rings. The Morgan fingerprint density at radius 2 is 1.75 bits per heavy atom. The van der Waals surface area contributed by atoms with Crippen LogP contribution >= 0.6 is 0 Å². The van der Waals surface area contributed by atoms with Crippen molar-refractivity contribution in [3.63, 3.8) is 0 Å². The van der Waals surface area contributed by atoms with Gasteiger partial charge in [-0.3, -0.25) is 4.79 Å². The van der Waals surface area contributed by atoms with Crippen LogP contribution in [0, 0.1) is 6.92 Å². The highest BCUT2D eigenvalue weighted by Crippen LogP contribution is 2.12. The van der Waals surface area contributed by atoms with Crippen LogP contribution in [0.15, 0.2) is 24.3 Å². The lowest BCUT2D eigenvalue weighted by atomic mass is 10.1. The van der Waals surface area contributed by atoms with Gasteiger partial charge in [0.05, 0.1) is 12.1 Å². The van der Waals surface area contributed by atoms with Crippen LogP contribution in [0.2, 0.25) is 0 Å². The molecular formula is C15H22N2O3. The first-order chi connectivity index (χ1) is 9.38. The van der Waals surface area contributed by atoms with Crippen molar-refractivity contribution in [1.82, 2.24) is 10.6 Å². The van der Waals surface area contributed by atoms with E-state index in [1.165, 1.54) is 5.56 Å². The second-order valence-corrected chi connectivity index (χ2v) is 5.01. The van der Waals surface area contributed by atoms with Crippen molar-refractivity contribution in [2.24, 2.45) is 0 Å². The van der Waals surface area contributed by atoms with Crippen LogP contribution in [-0.2, 0) is 9.53 Å². The molecule has 0 saturated carbocycles. The Morgan fingerprint density at radius 1 is 1.15 bits per heavy atom. The van der Waals surface area contributed by atoms with E-state index in [0.29, 0.717) is 0 Å². The maximum Gasteiger partial charge on any atom is 0.407 e. The predicted octanol–water partition coefficient (Wildman–Crippen LogP) is 2.31. The van der Waals surface area contributed by atoms with Gasteiger partial charge >= 0.3 is 6.09 Å². The Kier molecular flexibility index (Phi) is 6.03. The zero-order chi connectivity index (χ0) is 15.1. The van der Waals surface area contributed by atoms with Crippen LogP contribution in [0.1, 0.15) is 37.9 Å². The topological polar surface area (TPSA) is 67.4 Å². The van der Waals surface area contributed by atoms with E-state index in [4.69, 9.17) is 4.74 Å². The van der Waals surface area contributed by atoms with Crippen molar-refractivity contribution in [2.75, 3.05) is 6.54 Å². The number of carbonyl (C=O) groups excluding carboxylic acids is 2. The van der Waals surface area contributed by atoms with E-state index in [0.717, 1.165) is 5.56 Å². The van der Waals surface area contributed by atoms with Crippen molar-refractivity contribution in [1.29, 1.82) is 0 Å². The van der Waals surface area contributed by atoms with Crippen molar-refractivity contribution in [3.8, 4) is 0 Å². The van der Waals surface area contributed by atoms with Crippen LogP contribution in [0.4, 0.5) is 4.79 Å². The highest BCUT2D eigenvalue weighted by Gasteiger charge is 2.11. The number of hydrogen-bond donors (Lipinski definition) is 2. The molecule has 1 unspecified atom stereocenters. The monoisotopic (exact) mass is 278 g/mol. The van der Waals surface area contributed by atoms with Gasteiger partial charge in [-0.2, -0.15) is 0 Å². The lowest BCUT2D eigenvalue weighted by Crippen LogP contribution is -2.38. The molecule has 110 valence electrons. The number of alkyl carbamates (subject to hydrolysis) is 1. The normalized spacial score (nSPS) is 11.8. The number of benzene rings is 1. The summed E-state index contributed by atoms with van der Waals surface area (Å²) in [5.74, 6) is -0.251. The molecule has 0 radical (unpaired) electrons. The van der Waals surface area contributed by atoms with Gasteiger partial charge in [0.25, 0.3) is 0 Å². The van der Waals surface area contributed by atoms with Gasteiger partial charge in [-0.1, -0.05) is 29.8 Å². The van der Waals surface area contributed by atoms with Crippen molar-refractivity contribution >= 4 is 12.0 Å². The highest BCUT2D eigenvalue weighted by molar-refractivity contribution is 5.82. The highest BCUT2D eigenvalue weighted by atomic mass is 16.6. The van der Waals surface area contributed by atoms with Gasteiger partial charge in [-0.25, -0.2) is 4.79 Å². The molecule has 2 N–H and O–H groups in total. The first-order valence-electron chi connectivity index (χ1n) is 6.69. The van der Waals surface area contributed by atoms with Crippen molar-refractivity contribution in [2.45, 2.75) is 39.8 Å². The summed E-state index contributed by atoms with van der Waals surface area (Å²) in [7, 11) is 0. The second kappa shape index (κ2) is 7.53. The average Bonchev–Trinajstić information content (AvgIpc) is 2.36. The molecule has 0 spiro atoms. The number of aryl methyl sites for hydroxylation is 1. The van der Waals surface area contributed by atoms with Gasteiger partial charge in [0, 0.05) is 0 Å². The molecule has 0 saturated heterocycles. The third-order valence-corrected chi connectivity index (χ3v) is 2.69. The summed E-state index contributed by atoms with van der Waals surface area (Å²) in [6, 6.07) is 7.83. The molecule has 20 heavy (non-hydrogen) atoms. The Balaban J connectivity index is 2.38. The molecule has 0 aromatic heterocycles. The first kappa shape index (κ1) is 16.0. The summed E-state index contributed by atoms with van der Waals surface area (Å²) in [6.07, 6.45) is -0.789. The largest absolute Gasteiger partial charge is 0.447 e. The van der Waals surface area contributed by atoms with Gasteiger partial charge < -0.3 is 15.4 Å². The van der Waals surface area contributed by atoms with Crippen molar-refractivity contribution in [3.05, 3.63) is 35.4 Å². The van der Waals surface area contributed by atoms with E-state index in [1.54, 1.807) is 13.8 Å². The van der Waals surface area contributed by atoms with E-state index in [2.05, 4.69) is 10.6 Å². The fourth-order valence-corrected chi connectivity index (χ4v) is 1.64. The zero-order valence-corrected chi connectivity index (χ0v) is 12.4. The van der Waals surface area contributed by atoms with Crippen LogP contribution < -0.4 is 10.6 Å². The number of hydrogen-bond acceptors (Lipinski definition) is 3. The molecular weight excluding hydrogens is 256 g/mol. The second-order valence-electron chi connectivity index (χ2n) is 5.01. The maximum absolute atomic E-state index is 11.7. The fraction of sp³-hybridized carbons (Fsp3) is 0.467. The molecule has 0 bridgehead atoms. The summed E-state index contributed by atoms with van der Waals surface area (Å²) in [5, 5.41) is 5.22. The third-order valence-electron chi connectivity index (χ3n) is 2.69. The smallest absolute Gasteiger partial charge is 0.407 e. The third kappa shape index (κ3) is 5.73. The molecule has 1 aromatic carbocycles. The minimum atomic E-state index is -0.585. The van der Waals surface area contributed by atoms with Crippen LogP contribution in [-0.4, -0.2) is 24.6 Å². The zero-order valence-electron chi connectivity index (χ0n) is 12.4. The average molecular weight is 278 g/mol. The number of rotatable bonds is 5. The van der Waals surface area contributed by atoms with Gasteiger partial charge in [-0.15, -0.1) is 0 Å². The van der Waals surface area contributed by atoms with Crippen LogP contribution in [0.25, 0.3) is 0 Å². The molecule has 0 aliphatic carbocycles. The predicted molar refractivity (Wildman–Crippen MR) is 77.4 cm³/mol. The minimum absolute atomic E-state index is 0.0955. The van der Waals surface area contributed by atoms with E-state index >= 15 is 0 Å². The Bertz CT molecular complexity index is 455. The quantitative estimate of drug-likeness (QED) is 0.868. The van der Waals surface area contributed by atoms with E-state index in [9.17, 15) is 9.59 Å². The molecule has 1 rings (SSSR count). The van der Waals surface area contributed by atoms with Crippen LogP contribution in [0.3, 0.4) is 0 Å². The summed E-state index contributed by atoms with van der Waals surface area (Å²) >= 11 is 0. The van der Waals surface area contributed by atoms with Crippen molar-refractivity contribution < 1.29 is 14.3 Å². The maximum atomic E-state index is 11.7. The number of nitrogens with one attached hydrogen (secondary N) is 2. The number of carbonyl (C=O) groups is 2. The lowest BCUT2D eigenvalue weighted by molar-refractivity contribution is -0.120. The first-order valence-corrected chi connectivity index (χ1v) is 6.69. The van der Waals surface area contributed by atoms with Gasteiger partial charge in [0.1, 0.15) is 6.54 Å². The molecule has 0 heterocycles. The summed E-state index contributed by atoms with van der Waals surface area (Å²) in [6.45, 7) is 7.31. The standard InChI is InChI=1S/C15H22N2O3/c1-10(2)20-15(19)16-9-14(18)17-12(4)13-7-5-11(3)6-8-13/h5-8,10,12H,9H2,1-4H3,(H,16,19)(H,17,18). The summed E-state index contributed by atoms with van der Waals surface area (Å²) < 4.78 is 4.87. The number of ether oxygens (including phenoxy) is 1. The Morgan fingerprint density at radius 3 is 2.30 bits per heavy atom. The Labute approximate surface area is 119 Å². The molecule has 5 nitrogen and oxygen atoms in total. The Hall–Kier alpha value is -2.04. The van der Waals surface area contributed by atoms with Crippen LogP contribution in [0.5, 0.6) is 0 Å². The van der Waals surface area contributed by atoms with Gasteiger partial charge in [0.2, 0.25) is 5.91 Å². The van der Waals surface area contributed by atoms with Gasteiger partial charge in [-0.05, 0) is 33.3 Å². The molecule has 0 aliphatic rings. The molecule has 0 fully saturated rings. The molecule has 0 aliphatic heterocycles. The SMILES string of the molecule is Cc1ccc(C(C)NC(=O)CNC(=O)OC(C)C)cc1. The van der Waals surface area contributed by atoms with E-state index in [1.807, 2.05) is 38.1 Å². The molecule has 1 atom stereocenters. The fourth-order valence-electron chi connectivity index (χ4n) is 1.64. The minimum Gasteiger partial charge on any atom is -0.447 e. The van der Waals surface area contributed by atoms with E-state index < -0.39 is 6.09 Å². The lowest BCUT2D eigenvalue weighted by Gasteiger charge is -2.15. The molecule has 5 heteroatoms. The molecule has 2 amide bonds. The van der Waals surface area contributed by atoms with E-state index in [-0.39, 0.29) is 24.6 Å².